The van der Waals surface area contributed by atoms with Crippen LogP contribution < -0.4 is 11.1 Å². The maximum absolute atomic E-state index is 12.2. The fraction of sp³-hybridized carbons (Fsp3) is 0.571. The molecular formula is C14H21N3O2S. The number of amides is 2. The molecule has 0 radical (unpaired) electrons. The molecule has 5 nitrogen and oxygen atoms in total. The van der Waals surface area contributed by atoms with Crippen molar-refractivity contribution in [2.45, 2.75) is 25.8 Å². The summed E-state index contributed by atoms with van der Waals surface area (Å²) in [6.45, 7) is 3.44. The summed E-state index contributed by atoms with van der Waals surface area (Å²) >= 11 is 1.37. The molecule has 1 aliphatic heterocycles. The Kier molecular flexibility index (Phi) is 5.14. The van der Waals surface area contributed by atoms with Gasteiger partial charge in [-0.1, -0.05) is 13.0 Å². The van der Waals surface area contributed by atoms with E-state index in [-0.39, 0.29) is 24.4 Å². The number of rotatable bonds is 4. The summed E-state index contributed by atoms with van der Waals surface area (Å²) in [6, 6.07) is 3.66. The molecule has 1 saturated heterocycles. The van der Waals surface area contributed by atoms with Gasteiger partial charge in [0.05, 0.1) is 11.4 Å². The molecule has 0 aliphatic carbocycles. The van der Waals surface area contributed by atoms with Gasteiger partial charge in [-0.05, 0) is 30.2 Å². The number of carbonyl (C=O) groups is 2. The highest BCUT2D eigenvalue weighted by Crippen LogP contribution is 2.21. The number of piperidine rings is 1. The maximum Gasteiger partial charge on any atom is 0.261 e. The number of likely N-dealkylation sites (tertiary alicyclic amines) is 1. The van der Waals surface area contributed by atoms with Gasteiger partial charge in [-0.2, -0.15) is 0 Å². The SMILES string of the molecule is CC1CCN(C(=O)CNC(=O)c2cccs2)C(CN)C1. The van der Waals surface area contributed by atoms with Gasteiger partial charge in [0.15, 0.2) is 0 Å². The fourth-order valence-corrected chi connectivity index (χ4v) is 3.20. The zero-order valence-corrected chi connectivity index (χ0v) is 12.5. The summed E-state index contributed by atoms with van der Waals surface area (Å²) < 4.78 is 0. The second-order valence-electron chi connectivity index (χ2n) is 5.27. The average Bonchev–Trinajstić information content (AvgIpc) is 2.98. The molecule has 2 unspecified atom stereocenters. The third-order valence-electron chi connectivity index (χ3n) is 3.72. The standard InChI is InChI=1S/C14H21N3O2S/c1-10-4-5-17(11(7-10)8-15)13(18)9-16-14(19)12-3-2-6-20-12/h2-3,6,10-11H,4-5,7-9,15H2,1H3,(H,16,19). The van der Waals surface area contributed by atoms with E-state index < -0.39 is 0 Å². The molecule has 0 aromatic carbocycles. The van der Waals surface area contributed by atoms with E-state index in [1.54, 1.807) is 6.07 Å². The van der Waals surface area contributed by atoms with Crippen molar-refractivity contribution in [1.29, 1.82) is 0 Å². The van der Waals surface area contributed by atoms with Gasteiger partial charge in [0.2, 0.25) is 5.91 Å². The Hall–Kier alpha value is -1.40. The zero-order chi connectivity index (χ0) is 14.5. The molecule has 0 bridgehead atoms. The molecule has 6 heteroatoms. The number of hydrogen-bond donors (Lipinski definition) is 2. The smallest absolute Gasteiger partial charge is 0.261 e. The van der Waals surface area contributed by atoms with Gasteiger partial charge in [0, 0.05) is 19.1 Å². The minimum absolute atomic E-state index is 0.0433. The zero-order valence-electron chi connectivity index (χ0n) is 11.7. The van der Waals surface area contributed by atoms with Crippen LogP contribution in [0.1, 0.15) is 29.4 Å². The molecule has 2 amide bonds. The van der Waals surface area contributed by atoms with Crippen molar-refractivity contribution in [2.24, 2.45) is 11.7 Å². The summed E-state index contributed by atoms with van der Waals surface area (Å²) in [7, 11) is 0. The highest BCUT2D eigenvalue weighted by Gasteiger charge is 2.28. The van der Waals surface area contributed by atoms with Gasteiger partial charge in [-0.3, -0.25) is 9.59 Å². The van der Waals surface area contributed by atoms with E-state index in [9.17, 15) is 9.59 Å². The van der Waals surface area contributed by atoms with E-state index in [0.717, 1.165) is 19.4 Å². The Labute approximate surface area is 123 Å². The first-order valence-electron chi connectivity index (χ1n) is 6.93. The number of nitrogens with zero attached hydrogens (tertiary/aromatic N) is 1. The lowest BCUT2D eigenvalue weighted by atomic mass is 9.92. The van der Waals surface area contributed by atoms with Gasteiger partial charge in [-0.25, -0.2) is 0 Å². The Balaban J connectivity index is 1.86. The van der Waals surface area contributed by atoms with E-state index in [0.29, 0.717) is 17.3 Å². The highest BCUT2D eigenvalue weighted by molar-refractivity contribution is 7.12. The Morgan fingerprint density at radius 2 is 2.35 bits per heavy atom. The average molecular weight is 295 g/mol. The predicted molar refractivity (Wildman–Crippen MR) is 79.6 cm³/mol. The first-order valence-corrected chi connectivity index (χ1v) is 7.81. The molecular weight excluding hydrogens is 274 g/mol. The molecule has 3 N–H and O–H groups in total. The summed E-state index contributed by atoms with van der Waals surface area (Å²) in [5.74, 6) is 0.369. The van der Waals surface area contributed by atoms with Crippen LogP contribution in [0.25, 0.3) is 0 Å². The first kappa shape index (κ1) is 15.0. The second-order valence-corrected chi connectivity index (χ2v) is 6.21. The number of nitrogens with two attached hydrogens (primary N) is 1. The largest absolute Gasteiger partial charge is 0.342 e. The van der Waals surface area contributed by atoms with E-state index in [2.05, 4.69) is 12.2 Å². The van der Waals surface area contributed by atoms with Crippen LogP contribution in [0, 0.1) is 5.92 Å². The number of thiophene rings is 1. The number of nitrogens with one attached hydrogen (secondary N) is 1. The van der Waals surface area contributed by atoms with Gasteiger partial charge >= 0.3 is 0 Å². The third-order valence-corrected chi connectivity index (χ3v) is 4.58. The summed E-state index contributed by atoms with van der Waals surface area (Å²) in [5.41, 5.74) is 5.75. The van der Waals surface area contributed by atoms with E-state index in [1.807, 2.05) is 16.3 Å². The van der Waals surface area contributed by atoms with E-state index in [4.69, 9.17) is 5.73 Å². The molecule has 20 heavy (non-hydrogen) atoms. The van der Waals surface area contributed by atoms with Gasteiger partial charge in [0.1, 0.15) is 0 Å². The van der Waals surface area contributed by atoms with Crippen LogP contribution in [0.15, 0.2) is 17.5 Å². The molecule has 0 saturated carbocycles. The lowest BCUT2D eigenvalue weighted by molar-refractivity contribution is -0.134. The summed E-state index contributed by atoms with van der Waals surface area (Å²) in [5, 5.41) is 4.52. The van der Waals surface area contributed by atoms with Crippen molar-refractivity contribution >= 4 is 23.2 Å². The quantitative estimate of drug-likeness (QED) is 0.872. The molecule has 110 valence electrons. The van der Waals surface area contributed by atoms with Crippen LogP contribution in [0.5, 0.6) is 0 Å². The number of carbonyl (C=O) groups excluding carboxylic acids is 2. The van der Waals surface area contributed by atoms with Gasteiger partial charge in [0.25, 0.3) is 5.91 Å². The molecule has 1 aliphatic rings. The van der Waals surface area contributed by atoms with Gasteiger partial charge in [-0.15, -0.1) is 11.3 Å². The first-order chi connectivity index (χ1) is 9.61. The van der Waals surface area contributed by atoms with Crippen LogP contribution in [0.4, 0.5) is 0 Å². The predicted octanol–water partition coefficient (Wildman–Crippen LogP) is 1.06. The van der Waals surface area contributed by atoms with Crippen molar-refractivity contribution in [2.75, 3.05) is 19.6 Å². The van der Waals surface area contributed by atoms with Crippen LogP contribution in [0.3, 0.4) is 0 Å². The fourth-order valence-electron chi connectivity index (χ4n) is 2.56. The Bertz CT molecular complexity index is 461. The maximum atomic E-state index is 12.2. The third kappa shape index (κ3) is 3.58. The summed E-state index contributed by atoms with van der Waals surface area (Å²) in [4.78, 5) is 26.4. The summed E-state index contributed by atoms with van der Waals surface area (Å²) in [6.07, 6.45) is 1.95. The van der Waals surface area contributed by atoms with Crippen LogP contribution >= 0.6 is 11.3 Å². The number of hydrogen-bond acceptors (Lipinski definition) is 4. The van der Waals surface area contributed by atoms with Crippen LogP contribution in [-0.2, 0) is 4.79 Å². The van der Waals surface area contributed by atoms with E-state index >= 15 is 0 Å². The van der Waals surface area contributed by atoms with Crippen LogP contribution in [-0.4, -0.2) is 42.4 Å². The van der Waals surface area contributed by atoms with Crippen molar-refractivity contribution in [3.05, 3.63) is 22.4 Å². The van der Waals surface area contributed by atoms with E-state index in [1.165, 1.54) is 11.3 Å². The van der Waals surface area contributed by atoms with Crippen molar-refractivity contribution in [3.8, 4) is 0 Å². The van der Waals surface area contributed by atoms with Crippen molar-refractivity contribution in [1.82, 2.24) is 10.2 Å². The van der Waals surface area contributed by atoms with Crippen molar-refractivity contribution < 1.29 is 9.59 Å². The molecule has 2 atom stereocenters. The Morgan fingerprint density at radius 3 is 3.00 bits per heavy atom. The van der Waals surface area contributed by atoms with Crippen molar-refractivity contribution in [3.63, 3.8) is 0 Å². The van der Waals surface area contributed by atoms with Gasteiger partial charge < -0.3 is 16.0 Å². The normalized spacial score (nSPS) is 22.6. The minimum atomic E-state index is -0.192. The molecule has 1 aromatic heterocycles. The monoisotopic (exact) mass is 295 g/mol. The Morgan fingerprint density at radius 1 is 1.55 bits per heavy atom. The molecule has 2 rings (SSSR count). The van der Waals surface area contributed by atoms with Crippen LogP contribution in [0.2, 0.25) is 0 Å². The lowest BCUT2D eigenvalue weighted by Crippen LogP contribution is -2.52. The molecule has 2 heterocycles. The second kappa shape index (κ2) is 6.85. The molecule has 0 spiro atoms. The highest BCUT2D eigenvalue weighted by atomic mass is 32.1. The molecule has 1 fully saturated rings. The lowest BCUT2D eigenvalue weighted by Gasteiger charge is -2.38. The topological polar surface area (TPSA) is 75.4 Å². The molecule has 1 aromatic rings. The minimum Gasteiger partial charge on any atom is -0.342 e.